The topological polar surface area (TPSA) is 57.7 Å². The first-order valence-corrected chi connectivity index (χ1v) is 9.81. The Labute approximate surface area is 152 Å². The van der Waals surface area contributed by atoms with E-state index in [0.717, 1.165) is 5.69 Å². The molecule has 1 aliphatic heterocycles. The van der Waals surface area contributed by atoms with Crippen molar-refractivity contribution in [2.45, 2.75) is 11.8 Å². The molecular weight excluding hydrogens is 360 g/mol. The molecule has 0 spiro atoms. The largest absolute Gasteiger partial charge is 0.369 e. The van der Waals surface area contributed by atoms with Crippen LogP contribution in [0.2, 0.25) is 5.02 Å². The lowest BCUT2D eigenvalue weighted by atomic mass is 10.1. The molecule has 0 saturated carbocycles. The third-order valence-electron chi connectivity index (χ3n) is 4.29. The van der Waals surface area contributed by atoms with Gasteiger partial charge in [0.05, 0.1) is 4.90 Å². The molecule has 7 heteroatoms. The van der Waals surface area contributed by atoms with Crippen molar-refractivity contribution in [3.63, 3.8) is 0 Å². The van der Waals surface area contributed by atoms with Crippen molar-refractivity contribution in [3.05, 3.63) is 59.1 Å². The van der Waals surface area contributed by atoms with Crippen LogP contribution < -0.4 is 4.90 Å². The van der Waals surface area contributed by atoms with Gasteiger partial charge in [-0.15, -0.1) is 0 Å². The van der Waals surface area contributed by atoms with Crippen molar-refractivity contribution >= 4 is 33.1 Å². The maximum absolute atomic E-state index is 12.7. The fourth-order valence-electron chi connectivity index (χ4n) is 2.88. The summed E-state index contributed by atoms with van der Waals surface area (Å²) in [6.07, 6.45) is 0. The van der Waals surface area contributed by atoms with E-state index >= 15 is 0 Å². The van der Waals surface area contributed by atoms with E-state index in [1.165, 1.54) is 17.3 Å². The lowest BCUT2D eigenvalue weighted by Gasteiger charge is -2.35. The van der Waals surface area contributed by atoms with Crippen LogP contribution in [0.5, 0.6) is 0 Å². The van der Waals surface area contributed by atoms with Crippen LogP contribution in [0.3, 0.4) is 0 Å². The smallest absolute Gasteiger partial charge is 0.243 e. The minimum Gasteiger partial charge on any atom is -0.369 e. The summed E-state index contributed by atoms with van der Waals surface area (Å²) in [7, 11) is -3.54. The van der Waals surface area contributed by atoms with Crippen LogP contribution in [-0.4, -0.2) is 44.7 Å². The molecule has 1 heterocycles. The number of carbonyl (C=O) groups is 1. The molecule has 0 atom stereocenters. The second-order valence-corrected chi connectivity index (χ2v) is 8.33. The second-order valence-electron chi connectivity index (χ2n) is 5.96. The van der Waals surface area contributed by atoms with E-state index in [1.807, 2.05) is 18.2 Å². The van der Waals surface area contributed by atoms with Gasteiger partial charge in [0.2, 0.25) is 10.0 Å². The molecule has 3 rings (SSSR count). The van der Waals surface area contributed by atoms with Gasteiger partial charge in [0.1, 0.15) is 0 Å². The number of piperazine rings is 1. The van der Waals surface area contributed by atoms with Gasteiger partial charge in [-0.05, 0) is 37.3 Å². The van der Waals surface area contributed by atoms with Gasteiger partial charge < -0.3 is 4.90 Å². The van der Waals surface area contributed by atoms with Gasteiger partial charge in [-0.2, -0.15) is 4.31 Å². The molecule has 2 aromatic rings. The highest BCUT2D eigenvalue weighted by atomic mass is 35.5. The number of ketones is 1. The van der Waals surface area contributed by atoms with E-state index in [9.17, 15) is 13.2 Å². The summed E-state index contributed by atoms with van der Waals surface area (Å²) in [5.41, 5.74) is 1.60. The molecule has 132 valence electrons. The fraction of sp³-hybridized carbons (Fsp3) is 0.278. The van der Waals surface area contributed by atoms with E-state index in [4.69, 9.17) is 11.6 Å². The Bertz CT molecular complexity index is 891. The molecular formula is C18H19ClN2O3S. The summed E-state index contributed by atoms with van der Waals surface area (Å²) in [6, 6.07) is 13.7. The molecule has 1 fully saturated rings. The Balaban J connectivity index is 1.73. The Hall–Kier alpha value is -1.89. The number of rotatable bonds is 4. The third kappa shape index (κ3) is 3.86. The average Bonchev–Trinajstić information content (AvgIpc) is 2.62. The Morgan fingerprint density at radius 2 is 1.68 bits per heavy atom. The number of nitrogens with zero attached hydrogens (tertiary/aromatic N) is 2. The molecule has 0 bridgehead atoms. The average molecular weight is 379 g/mol. The van der Waals surface area contributed by atoms with E-state index in [1.54, 1.807) is 24.3 Å². The summed E-state index contributed by atoms with van der Waals surface area (Å²) < 4.78 is 26.9. The summed E-state index contributed by atoms with van der Waals surface area (Å²) in [6.45, 7) is 3.45. The van der Waals surface area contributed by atoms with Crippen LogP contribution in [0.15, 0.2) is 53.4 Å². The van der Waals surface area contributed by atoms with E-state index in [2.05, 4.69) is 4.90 Å². The Morgan fingerprint density at radius 3 is 2.32 bits per heavy atom. The normalized spacial score (nSPS) is 16.0. The predicted molar refractivity (Wildman–Crippen MR) is 98.9 cm³/mol. The molecule has 25 heavy (non-hydrogen) atoms. The summed E-state index contributed by atoms with van der Waals surface area (Å²) in [4.78, 5) is 13.8. The highest BCUT2D eigenvalue weighted by Gasteiger charge is 2.28. The summed E-state index contributed by atoms with van der Waals surface area (Å²) in [5.74, 6) is 0.0176. The van der Waals surface area contributed by atoms with Crippen LogP contribution in [0, 0.1) is 0 Å². The standard InChI is InChI=1S/C18H19ClN2O3S/c1-14(22)15-4-2-6-17(12-15)20-8-10-21(11-9-20)25(23,24)18-7-3-5-16(19)13-18/h2-7,12-13H,8-11H2,1H3. The van der Waals surface area contributed by atoms with Crippen molar-refractivity contribution in [3.8, 4) is 0 Å². The van der Waals surface area contributed by atoms with Gasteiger partial charge in [0.15, 0.2) is 5.78 Å². The number of hydrogen-bond acceptors (Lipinski definition) is 4. The van der Waals surface area contributed by atoms with Crippen LogP contribution >= 0.6 is 11.6 Å². The van der Waals surface area contributed by atoms with Gasteiger partial charge >= 0.3 is 0 Å². The van der Waals surface area contributed by atoms with Crippen molar-refractivity contribution in [2.24, 2.45) is 0 Å². The third-order valence-corrected chi connectivity index (χ3v) is 6.42. The molecule has 0 amide bonds. The predicted octanol–water partition coefficient (Wildman–Crippen LogP) is 3.05. The summed E-state index contributed by atoms with van der Waals surface area (Å²) in [5, 5.41) is 0.403. The maximum Gasteiger partial charge on any atom is 0.243 e. The molecule has 2 aromatic carbocycles. The molecule has 0 aromatic heterocycles. The van der Waals surface area contributed by atoms with Crippen LogP contribution in [0.4, 0.5) is 5.69 Å². The first kappa shape index (κ1) is 17.9. The van der Waals surface area contributed by atoms with Crippen molar-refractivity contribution in [1.29, 1.82) is 0 Å². The monoisotopic (exact) mass is 378 g/mol. The minimum atomic E-state index is -3.54. The lowest BCUT2D eigenvalue weighted by molar-refractivity contribution is 0.101. The molecule has 0 aliphatic carbocycles. The highest BCUT2D eigenvalue weighted by molar-refractivity contribution is 7.89. The first-order valence-electron chi connectivity index (χ1n) is 7.99. The van der Waals surface area contributed by atoms with Gasteiger partial charge in [-0.3, -0.25) is 4.79 Å². The van der Waals surface area contributed by atoms with Gasteiger partial charge in [0.25, 0.3) is 0 Å². The molecule has 1 saturated heterocycles. The molecule has 1 aliphatic rings. The highest BCUT2D eigenvalue weighted by Crippen LogP contribution is 2.23. The number of carbonyl (C=O) groups excluding carboxylic acids is 1. The minimum absolute atomic E-state index is 0.0176. The Kier molecular flexibility index (Phi) is 5.13. The zero-order valence-corrected chi connectivity index (χ0v) is 15.4. The van der Waals surface area contributed by atoms with Crippen molar-refractivity contribution in [1.82, 2.24) is 4.31 Å². The zero-order chi connectivity index (χ0) is 18.0. The van der Waals surface area contributed by atoms with Crippen LogP contribution in [-0.2, 0) is 10.0 Å². The lowest BCUT2D eigenvalue weighted by Crippen LogP contribution is -2.48. The van der Waals surface area contributed by atoms with Gasteiger partial charge in [0, 0.05) is 42.5 Å². The number of sulfonamides is 1. The molecule has 0 radical (unpaired) electrons. The summed E-state index contributed by atoms with van der Waals surface area (Å²) >= 11 is 5.91. The van der Waals surface area contributed by atoms with E-state index < -0.39 is 10.0 Å². The van der Waals surface area contributed by atoms with Crippen molar-refractivity contribution < 1.29 is 13.2 Å². The second kappa shape index (κ2) is 7.15. The Morgan fingerprint density at radius 1 is 1.00 bits per heavy atom. The molecule has 0 unspecified atom stereocenters. The van der Waals surface area contributed by atoms with Crippen LogP contribution in [0.1, 0.15) is 17.3 Å². The fourth-order valence-corrected chi connectivity index (χ4v) is 4.61. The van der Waals surface area contributed by atoms with Gasteiger partial charge in [-0.1, -0.05) is 29.8 Å². The molecule has 0 N–H and O–H groups in total. The maximum atomic E-state index is 12.7. The van der Waals surface area contributed by atoms with Crippen LogP contribution in [0.25, 0.3) is 0 Å². The first-order chi connectivity index (χ1) is 11.9. The van der Waals surface area contributed by atoms with Gasteiger partial charge in [-0.25, -0.2) is 8.42 Å². The number of benzene rings is 2. The zero-order valence-electron chi connectivity index (χ0n) is 13.9. The number of halogens is 1. The number of anilines is 1. The quantitative estimate of drug-likeness (QED) is 0.767. The van der Waals surface area contributed by atoms with E-state index in [-0.39, 0.29) is 10.7 Å². The SMILES string of the molecule is CC(=O)c1cccc(N2CCN(S(=O)(=O)c3cccc(Cl)c3)CC2)c1. The van der Waals surface area contributed by atoms with E-state index in [0.29, 0.717) is 36.8 Å². The molecule has 5 nitrogen and oxygen atoms in total. The number of hydrogen-bond donors (Lipinski definition) is 0. The number of Topliss-reactive ketones (excluding diaryl/α,β-unsaturated/α-hetero) is 1. The van der Waals surface area contributed by atoms with Crippen molar-refractivity contribution in [2.75, 3.05) is 31.1 Å².